The highest BCUT2D eigenvalue weighted by atomic mass is 16.5. The molecule has 0 spiro atoms. The number of carboxylic acids is 1. The Labute approximate surface area is 195 Å². The number of hydrogen-bond donors (Lipinski definition) is 2. The summed E-state index contributed by atoms with van der Waals surface area (Å²) in [5.74, 6) is -1.01. The predicted molar refractivity (Wildman–Crippen MR) is 132 cm³/mol. The summed E-state index contributed by atoms with van der Waals surface area (Å²) in [5.41, 5.74) is 7.21. The fourth-order valence-corrected chi connectivity index (χ4v) is 5.06. The Balaban J connectivity index is 2.15. The standard InChI is InChI=1S/C27H34N2O4/c1-16-7-9-19(10-8-16)22-20-15-17(2)29-12-11-28(13-14-30)23(24(20)29)18(3)21(22)25(26(31)32)33-27(4,5)6/h7-10,15,25,30H,11-14H2,1-6H3,(H,31,32). The Morgan fingerprint density at radius 3 is 2.36 bits per heavy atom. The minimum atomic E-state index is -1.12. The zero-order valence-corrected chi connectivity index (χ0v) is 20.4. The summed E-state index contributed by atoms with van der Waals surface area (Å²) in [6, 6.07) is 10.4. The molecule has 176 valence electrons. The van der Waals surface area contributed by atoms with Crippen LogP contribution in [-0.2, 0) is 16.1 Å². The van der Waals surface area contributed by atoms with Gasteiger partial charge in [0.2, 0.25) is 0 Å². The molecule has 0 aliphatic carbocycles. The van der Waals surface area contributed by atoms with E-state index >= 15 is 0 Å². The summed E-state index contributed by atoms with van der Waals surface area (Å²) in [5, 5.41) is 21.1. The van der Waals surface area contributed by atoms with Crippen LogP contribution in [-0.4, -0.2) is 46.0 Å². The van der Waals surface area contributed by atoms with E-state index in [9.17, 15) is 15.0 Å². The lowest BCUT2D eigenvalue weighted by Crippen LogP contribution is -2.35. The molecule has 1 aliphatic rings. The highest BCUT2D eigenvalue weighted by molar-refractivity contribution is 6.07. The van der Waals surface area contributed by atoms with E-state index in [2.05, 4.69) is 46.7 Å². The normalized spacial score (nSPS) is 14.7. The minimum Gasteiger partial charge on any atom is -0.479 e. The molecule has 33 heavy (non-hydrogen) atoms. The van der Waals surface area contributed by atoms with Crippen molar-refractivity contribution in [2.45, 2.75) is 59.8 Å². The van der Waals surface area contributed by atoms with Gasteiger partial charge in [0.25, 0.3) is 0 Å². The lowest BCUT2D eigenvalue weighted by atomic mass is 9.87. The van der Waals surface area contributed by atoms with E-state index in [-0.39, 0.29) is 6.61 Å². The third kappa shape index (κ3) is 4.13. The van der Waals surface area contributed by atoms with Crippen LogP contribution in [0.3, 0.4) is 0 Å². The molecule has 3 aromatic rings. The number of aliphatic hydroxyl groups is 1. The molecule has 0 saturated carbocycles. The van der Waals surface area contributed by atoms with Gasteiger partial charge in [-0.3, -0.25) is 0 Å². The van der Waals surface area contributed by atoms with Gasteiger partial charge in [-0.1, -0.05) is 29.8 Å². The zero-order valence-electron chi connectivity index (χ0n) is 20.4. The van der Waals surface area contributed by atoms with E-state index < -0.39 is 17.7 Å². The van der Waals surface area contributed by atoms with Crippen molar-refractivity contribution in [3.05, 3.63) is 52.7 Å². The quantitative estimate of drug-likeness (QED) is 0.554. The van der Waals surface area contributed by atoms with Crippen molar-refractivity contribution < 1.29 is 19.7 Å². The summed E-state index contributed by atoms with van der Waals surface area (Å²) < 4.78 is 8.49. The number of carbonyl (C=O) groups is 1. The number of aryl methyl sites for hydroxylation is 2. The number of aliphatic hydroxyl groups excluding tert-OH is 1. The van der Waals surface area contributed by atoms with Crippen molar-refractivity contribution in [2.24, 2.45) is 0 Å². The molecule has 1 aliphatic heterocycles. The Bertz CT molecular complexity index is 1200. The van der Waals surface area contributed by atoms with Crippen LogP contribution in [0.5, 0.6) is 0 Å². The van der Waals surface area contributed by atoms with Gasteiger partial charge in [0.1, 0.15) is 0 Å². The zero-order chi connectivity index (χ0) is 24.1. The second-order valence-electron chi connectivity index (χ2n) is 9.99. The molecular weight excluding hydrogens is 416 g/mol. The Morgan fingerprint density at radius 2 is 1.79 bits per heavy atom. The van der Waals surface area contributed by atoms with Crippen molar-refractivity contribution in [1.29, 1.82) is 0 Å². The van der Waals surface area contributed by atoms with Crippen molar-refractivity contribution in [2.75, 3.05) is 24.6 Å². The first kappa shape index (κ1) is 23.3. The van der Waals surface area contributed by atoms with Crippen molar-refractivity contribution in [1.82, 2.24) is 4.57 Å². The lowest BCUT2D eigenvalue weighted by molar-refractivity contribution is -0.160. The number of aromatic nitrogens is 1. The maximum absolute atomic E-state index is 12.6. The first-order valence-corrected chi connectivity index (χ1v) is 11.5. The number of nitrogens with zero attached hydrogens (tertiary/aromatic N) is 2. The second kappa shape index (κ2) is 8.50. The van der Waals surface area contributed by atoms with Crippen molar-refractivity contribution in [3.63, 3.8) is 0 Å². The van der Waals surface area contributed by atoms with Gasteiger partial charge in [-0.25, -0.2) is 4.79 Å². The van der Waals surface area contributed by atoms with E-state index in [1.165, 1.54) is 0 Å². The molecule has 6 heteroatoms. The molecule has 6 nitrogen and oxygen atoms in total. The van der Waals surface area contributed by atoms with E-state index in [1.807, 2.05) is 34.6 Å². The molecule has 0 amide bonds. The van der Waals surface area contributed by atoms with Crippen LogP contribution < -0.4 is 4.90 Å². The van der Waals surface area contributed by atoms with Crippen LogP contribution in [0, 0.1) is 20.8 Å². The molecular formula is C27H34N2O4. The number of hydrogen-bond acceptors (Lipinski definition) is 4. The number of β-amino-alcohol motifs (C(OH)–C–C–N with tert-alkyl or cyclic N) is 1. The van der Waals surface area contributed by atoms with Crippen LogP contribution in [0.1, 0.15) is 49.3 Å². The molecule has 1 unspecified atom stereocenters. The van der Waals surface area contributed by atoms with E-state index in [0.29, 0.717) is 12.1 Å². The number of aliphatic carboxylic acids is 1. The topological polar surface area (TPSA) is 74.9 Å². The van der Waals surface area contributed by atoms with Gasteiger partial charge in [0, 0.05) is 36.3 Å². The maximum atomic E-state index is 12.6. The molecule has 4 rings (SSSR count). The van der Waals surface area contributed by atoms with Gasteiger partial charge in [0.05, 0.1) is 23.4 Å². The summed E-state index contributed by atoms with van der Waals surface area (Å²) in [6.45, 7) is 13.9. The molecule has 2 aromatic carbocycles. The minimum absolute atomic E-state index is 0.0382. The number of ether oxygens (including phenoxy) is 1. The van der Waals surface area contributed by atoms with Crippen LogP contribution in [0.4, 0.5) is 5.69 Å². The summed E-state index contributed by atoms with van der Waals surface area (Å²) in [4.78, 5) is 14.8. The van der Waals surface area contributed by atoms with Crippen LogP contribution in [0.25, 0.3) is 22.0 Å². The van der Waals surface area contributed by atoms with E-state index in [4.69, 9.17) is 4.74 Å². The molecule has 2 N–H and O–H groups in total. The highest BCUT2D eigenvalue weighted by Gasteiger charge is 2.35. The van der Waals surface area contributed by atoms with Crippen LogP contribution in [0.15, 0.2) is 30.3 Å². The van der Waals surface area contributed by atoms with E-state index in [1.54, 1.807) is 0 Å². The molecule has 0 bridgehead atoms. The summed E-state index contributed by atoms with van der Waals surface area (Å²) >= 11 is 0. The third-order valence-corrected chi connectivity index (χ3v) is 6.40. The molecule has 1 atom stereocenters. The molecule has 0 saturated heterocycles. The first-order valence-electron chi connectivity index (χ1n) is 11.5. The average Bonchev–Trinajstić information content (AvgIpc) is 3.06. The smallest absolute Gasteiger partial charge is 0.337 e. The SMILES string of the molecule is Cc1ccc(-c2c(C(OC(C)(C)C)C(=O)O)c(C)c3c4c2cc(C)n4CCN3CCO)cc1. The Kier molecular flexibility index (Phi) is 6.01. The fraction of sp³-hybridized carbons (Fsp3) is 0.444. The molecule has 0 fully saturated rings. The van der Waals surface area contributed by atoms with Gasteiger partial charge in [-0.05, 0) is 64.3 Å². The first-order chi connectivity index (χ1) is 15.5. The summed E-state index contributed by atoms with van der Waals surface area (Å²) in [7, 11) is 0. The Morgan fingerprint density at radius 1 is 1.12 bits per heavy atom. The third-order valence-electron chi connectivity index (χ3n) is 6.40. The van der Waals surface area contributed by atoms with Crippen LogP contribution in [0.2, 0.25) is 0 Å². The number of anilines is 1. The van der Waals surface area contributed by atoms with Gasteiger partial charge in [-0.15, -0.1) is 0 Å². The lowest BCUT2D eigenvalue weighted by Gasteiger charge is -2.35. The molecule has 2 heterocycles. The van der Waals surface area contributed by atoms with Gasteiger partial charge < -0.3 is 24.4 Å². The molecule has 1 aromatic heterocycles. The monoisotopic (exact) mass is 450 g/mol. The molecule has 0 radical (unpaired) electrons. The van der Waals surface area contributed by atoms with E-state index in [0.717, 1.165) is 57.6 Å². The second-order valence-corrected chi connectivity index (χ2v) is 9.99. The largest absolute Gasteiger partial charge is 0.479 e. The predicted octanol–water partition coefficient (Wildman–Crippen LogP) is 4.99. The van der Waals surface area contributed by atoms with Crippen molar-refractivity contribution >= 4 is 22.6 Å². The van der Waals surface area contributed by atoms with Gasteiger partial charge in [-0.2, -0.15) is 0 Å². The fourth-order valence-electron chi connectivity index (χ4n) is 5.06. The highest BCUT2D eigenvalue weighted by Crippen LogP contribution is 2.47. The summed E-state index contributed by atoms with van der Waals surface area (Å²) in [6.07, 6.45) is -1.12. The average molecular weight is 451 g/mol. The maximum Gasteiger partial charge on any atom is 0.337 e. The van der Waals surface area contributed by atoms with Crippen molar-refractivity contribution in [3.8, 4) is 11.1 Å². The number of benzene rings is 2. The number of rotatable bonds is 6. The number of carboxylic acid groups (broad SMARTS) is 1. The van der Waals surface area contributed by atoms with Crippen LogP contribution >= 0.6 is 0 Å². The Hall–Kier alpha value is -2.83. The van der Waals surface area contributed by atoms with Gasteiger partial charge >= 0.3 is 5.97 Å². The van der Waals surface area contributed by atoms with Gasteiger partial charge in [0.15, 0.2) is 6.10 Å².